The standard InChI is InChI=1S/C33H34ClN3O4S/c1-24-13-12-20-30(25(24)2)37(42(40,41)28-17-8-5-9-18-28)23-32(38)36(22-27-16-10-11-19-29(27)34)31(33(39)35-3)21-26-14-6-4-7-15-26/h4-20,31H,21-23H2,1-3H3,(H,35,39). The Bertz CT molecular complexity index is 1650. The molecule has 0 aliphatic heterocycles. The number of hydrogen-bond acceptors (Lipinski definition) is 4. The van der Waals surface area contributed by atoms with Gasteiger partial charge in [0.1, 0.15) is 12.6 Å². The summed E-state index contributed by atoms with van der Waals surface area (Å²) in [5.41, 5.74) is 3.50. The highest BCUT2D eigenvalue weighted by molar-refractivity contribution is 7.92. The molecule has 1 unspecified atom stereocenters. The molecule has 0 heterocycles. The summed E-state index contributed by atoms with van der Waals surface area (Å²) < 4.78 is 29.3. The highest BCUT2D eigenvalue weighted by Crippen LogP contribution is 2.29. The topological polar surface area (TPSA) is 86.8 Å². The minimum atomic E-state index is -4.15. The van der Waals surface area contributed by atoms with Crippen LogP contribution in [0.4, 0.5) is 5.69 Å². The summed E-state index contributed by atoms with van der Waals surface area (Å²) in [6.45, 7) is 3.20. The molecule has 4 aromatic rings. The van der Waals surface area contributed by atoms with Crippen molar-refractivity contribution < 1.29 is 18.0 Å². The van der Waals surface area contributed by atoms with Crippen molar-refractivity contribution in [2.45, 2.75) is 37.8 Å². The zero-order valence-electron chi connectivity index (χ0n) is 23.8. The van der Waals surface area contributed by atoms with E-state index in [0.29, 0.717) is 16.3 Å². The molecule has 0 bridgehead atoms. The summed E-state index contributed by atoms with van der Waals surface area (Å²) in [6.07, 6.45) is 0.228. The van der Waals surface area contributed by atoms with Crippen molar-refractivity contribution in [2.75, 3.05) is 17.9 Å². The van der Waals surface area contributed by atoms with E-state index in [0.717, 1.165) is 21.0 Å². The van der Waals surface area contributed by atoms with Crippen LogP contribution >= 0.6 is 11.6 Å². The van der Waals surface area contributed by atoms with E-state index >= 15 is 0 Å². The number of hydrogen-bond donors (Lipinski definition) is 1. The molecule has 0 aliphatic rings. The van der Waals surface area contributed by atoms with Crippen LogP contribution < -0.4 is 9.62 Å². The van der Waals surface area contributed by atoms with Crippen molar-refractivity contribution in [2.24, 2.45) is 0 Å². The number of amides is 2. The first-order valence-electron chi connectivity index (χ1n) is 13.6. The van der Waals surface area contributed by atoms with Gasteiger partial charge in [0.2, 0.25) is 11.8 Å². The lowest BCUT2D eigenvalue weighted by molar-refractivity contribution is -0.139. The molecule has 0 spiro atoms. The first-order valence-corrected chi connectivity index (χ1v) is 15.4. The highest BCUT2D eigenvalue weighted by atomic mass is 35.5. The van der Waals surface area contributed by atoms with E-state index in [1.54, 1.807) is 54.6 Å². The second-order valence-electron chi connectivity index (χ2n) is 9.98. The number of nitrogens with one attached hydrogen (secondary N) is 1. The van der Waals surface area contributed by atoms with Crippen LogP contribution in [-0.4, -0.2) is 44.8 Å². The molecular weight excluding hydrogens is 570 g/mol. The first kappa shape index (κ1) is 30.8. The third kappa shape index (κ3) is 7.01. The van der Waals surface area contributed by atoms with Gasteiger partial charge in [-0.2, -0.15) is 0 Å². The van der Waals surface area contributed by atoms with Crippen LogP contribution in [0.3, 0.4) is 0 Å². The highest BCUT2D eigenvalue weighted by Gasteiger charge is 2.35. The SMILES string of the molecule is CNC(=O)C(Cc1ccccc1)N(Cc1ccccc1Cl)C(=O)CN(c1cccc(C)c1C)S(=O)(=O)c1ccccc1. The Morgan fingerprint density at radius 3 is 2.10 bits per heavy atom. The fourth-order valence-electron chi connectivity index (χ4n) is 4.77. The van der Waals surface area contributed by atoms with Crippen molar-refractivity contribution in [1.29, 1.82) is 0 Å². The minimum absolute atomic E-state index is 0.00938. The maximum atomic E-state index is 14.4. The van der Waals surface area contributed by atoms with Crippen LogP contribution in [0.2, 0.25) is 5.02 Å². The minimum Gasteiger partial charge on any atom is -0.357 e. The number of carbonyl (C=O) groups excluding carboxylic acids is 2. The number of rotatable bonds is 11. The predicted octanol–water partition coefficient (Wildman–Crippen LogP) is 5.54. The Morgan fingerprint density at radius 2 is 1.45 bits per heavy atom. The van der Waals surface area contributed by atoms with Gasteiger partial charge in [-0.05, 0) is 60.4 Å². The van der Waals surface area contributed by atoms with Gasteiger partial charge in [-0.1, -0.05) is 90.5 Å². The Kier molecular flexibility index (Phi) is 10.0. The quantitative estimate of drug-likeness (QED) is 0.244. The molecule has 0 saturated heterocycles. The Morgan fingerprint density at radius 1 is 0.833 bits per heavy atom. The molecule has 42 heavy (non-hydrogen) atoms. The van der Waals surface area contributed by atoms with E-state index in [2.05, 4.69) is 5.32 Å². The van der Waals surface area contributed by atoms with Crippen LogP contribution in [0.15, 0.2) is 108 Å². The van der Waals surface area contributed by atoms with Gasteiger partial charge in [0.25, 0.3) is 10.0 Å². The van der Waals surface area contributed by atoms with Crippen molar-refractivity contribution >= 4 is 39.1 Å². The molecule has 7 nitrogen and oxygen atoms in total. The second-order valence-corrected chi connectivity index (χ2v) is 12.2. The van der Waals surface area contributed by atoms with Gasteiger partial charge in [-0.25, -0.2) is 8.42 Å². The number of benzene rings is 4. The monoisotopic (exact) mass is 603 g/mol. The summed E-state index contributed by atoms with van der Waals surface area (Å²) in [5.74, 6) is -0.914. The number of halogens is 1. The molecule has 0 radical (unpaired) electrons. The maximum absolute atomic E-state index is 14.4. The molecule has 2 amide bonds. The van der Waals surface area contributed by atoms with Crippen molar-refractivity contribution in [3.05, 3.63) is 130 Å². The van der Waals surface area contributed by atoms with Gasteiger partial charge in [0, 0.05) is 25.0 Å². The molecule has 4 aromatic carbocycles. The second kappa shape index (κ2) is 13.7. The Balaban J connectivity index is 1.82. The molecule has 218 valence electrons. The fraction of sp³-hybridized carbons (Fsp3) is 0.212. The average molecular weight is 604 g/mol. The lowest BCUT2D eigenvalue weighted by Gasteiger charge is -2.34. The lowest BCUT2D eigenvalue weighted by Crippen LogP contribution is -2.53. The van der Waals surface area contributed by atoms with Crippen LogP contribution in [-0.2, 0) is 32.6 Å². The molecule has 0 saturated carbocycles. The third-order valence-corrected chi connectivity index (χ3v) is 9.41. The number of anilines is 1. The predicted molar refractivity (Wildman–Crippen MR) is 167 cm³/mol. The first-order chi connectivity index (χ1) is 20.1. The normalized spacial score (nSPS) is 11.9. The van der Waals surface area contributed by atoms with Gasteiger partial charge in [0.05, 0.1) is 10.6 Å². The Hall–Kier alpha value is -4.14. The summed E-state index contributed by atoms with van der Waals surface area (Å²) in [4.78, 5) is 29.2. The molecule has 0 aromatic heterocycles. The average Bonchev–Trinajstić information content (AvgIpc) is 3.00. The van der Waals surface area contributed by atoms with E-state index in [-0.39, 0.29) is 23.8 Å². The van der Waals surface area contributed by atoms with Gasteiger partial charge in [-0.3, -0.25) is 13.9 Å². The van der Waals surface area contributed by atoms with E-state index < -0.39 is 28.5 Å². The van der Waals surface area contributed by atoms with E-state index in [1.807, 2.05) is 50.2 Å². The molecular formula is C33H34ClN3O4S. The molecule has 0 fully saturated rings. The number of aryl methyl sites for hydroxylation is 1. The van der Waals surface area contributed by atoms with Crippen molar-refractivity contribution in [3.63, 3.8) is 0 Å². The van der Waals surface area contributed by atoms with Crippen molar-refractivity contribution in [1.82, 2.24) is 10.2 Å². The molecule has 1 N–H and O–H groups in total. The largest absolute Gasteiger partial charge is 0.357 e. The number of carbonyl (C=O) groups is 2. The zero-order valence-corrected chi connectivity index (χ0v) is 25.4. The summed E-state index contributed by atoms with van der Waals surface area (Å²) in [6, 6.07) is 28.9. The molecule has 9 heteroatoms. The van der Waals surface area contributed by atoms with E-state index in [1.165, 1.54) is 24.1 Å². The van der Waals surface area contributed by atoms with Crippen LogP contribution in [0.1, 0.15) is 22.3 Å². The fourth-order valence-corrected chi connectivity index (χ4v) is 6.46. The number of nitrogens with zero attached hydrogens (tertiary/aromatic N) is 2. The van der Waals surface area contributed by atoms with Gasteiger partial charge >= 0.3 is 0 Å². The molecule has 4 rings (SSSR count). The van der Waals surface area contributed by atoms with Gasteiger partial charge < -0.3 is 10.2 Å². The molecule has 1 atom stereocenters. The zero-order chi connectivity index (χ0) is 30.3. The van der Waals surface area contributed by atoms with E-state index in [4.69, 9.17) is 11.6 Å². The summed E-state index contributed by atoms with van der Waals surface area (Å²) in [7, 11) is -2.64. The molecule has 0 aliphatic carbocycles. The third-order valence-electron chi connectivity index (χ3n) is 7.27. The smallest absolute Gasteiger partial charge is 0.264 e. The van der Waals surface area contributed by atoms with Crippen molar-refractivity contribution in [3.8, 4) is 0 Å². The summed E-state index contributed by atoms with van der Waals surface area (Å²) >= 11 is 6.50. The Labute approximate surface area is 252 Å². The number of likely N-dealkylation sites (N-methyl/N-ethyl adjacent to an activating group) is 1. The van der Waals surface area contributed by atoms with Gasteiger partial charge in [0.15, 0.2) is 0 Å². The van der Waals surface area contributed by atoms with Crippen LogP contribution in [0, 0.1) is 13.8 Å². The summed E-state index contributed by atoms with van der Waals surface area (Å²) in [5, 5.41) is 3.12. The van der Waals surface area contributed by atoms with Crippen LogP contribution in [0.5, 0.6) is 0 Å². The number of sulfonamides is 1. The lowest BCUT2D eigenvalue weighted by atomic mass is 10.0. The van der Waals surface area contributed by atoms with Crippen LogP contribution in [0.25, 0.3) is 0 Å². The maximum Gasteiger partial charge on any atom is 0.264 e. The van der Waals surface area contributed by atoms with E-state index in [9.17, 15) is 18.0 Å². The van der Waals surface area contributed by atoms with Gasteiger partial charge in [-0.15, -0.1) is 0 Å².